The van der Waals surface area contributed by atoms with E-state index in [-0.39, 0.29) is 12.5 Å². The number of likely N-dealkylation sites (tertiary alicyclic amines) is 1. The molecule has 5 nitrogen and oxygen atoms in total. The molecular weight excluding hydrogens is 437 g/mol. The third kappa shape index (κ3) is 5.61. The van der Waals surface area contributed by atoms with Crippen molar-refractivity contribution < 1.29 is 18.0 Å². The van der Waals surface area contributed by atoms with Crippen LogP contribution in [0.4, 0.5) is 18.3 Å². The fourth-order valence-corrected chi connectivity index (χ4v) is 5.46. The average molecular weight is 467 g/mol. The van der Waals surface area contributed by atoms with Crippen LogP contribution in [0.5, 0.6) is 0 Å². The zero-order valence-electron chi connectivity index (χ0n) is 18.2. The van der Waals surface area contributed by atoms with Crippen molar-refractivity contribution in [3.63, 3.8) is 0 Å². The Morgan fingerprint density at radius 2 is 1.88 bits per heavy atom. The Bertz CT molecular complexity index is 907. The number of anilines is 1. The van der Waals surface area contributed by atoms with Gasteiger partial charge in [0.1, 0.15) is 4.88 Å². The van der Waals surface area contributed by atoms with Crippen molar-refractivity contribution in [3.8, 4) is 0 Å². The molecule has 2 fully saturated rings. The molecule has 2 aliphatic heterocycles. The van der Waals surface area contributed by atoms with Gasteiger partial charge in [0.2, 0.25) is 0 Å². The zero-order chi connectivity index (χ0) is 22.7. The Balaban J connectivity index is 1.27. The summed E-state index contributed by atoms with van der Waals surface area (Å²) in [5.74, 6) is 0.523. The van der Waals surface area contributed by atoms with Crippen LogP contribution >= 0.6 is 11.3 Å². The highest BCUT2D eigenvalue weighted by Crippen LogP contribution is 2.30. The van der Waals surface area contributed by atoms with Gasteiger partial charge in [0.25, 0.3) is 5.91 Å². The number of halogens is 3. The van der Waals surface area contributed by atoms with Crippen LogP contribution in [0, 0.1) is 5.92 Å². The summed E-state index contributed by atoms with van der Waals surface area (Å²) in [4.78, 5) is 22.3. The SMILES string of the molecule is C[C@@H]1CCCN(C2CCN(c3ncc(C(=O)NCc4ccc(C(F)(F)F)cc4)s3)CC2)C1. The lowest BCUT2D eigenvalue weighted by atomic mass is 9.95. The monoisotopic (exact) mass is 466 g/mol. The standard InChI is InChI=1S/C23H29F3N4OS/c1-16-3-2-10-30(15-16)19-8-11-29(12-9-19)22-28-14-20(32-22)21(31)27-13-17-4-6-18(7-5-17)23(24,25)26/h4-7,14,16,19H,2-3,8-13,15H2,1H3,(H,27,31)/t16-/m1/s1. The van der Waals surface area contributed by atoms with Gasteiger partial charge in [-0.1, -0.05) is 30.4 Å². The summed E-state index contributed by atoms with van der Waals surface area (Å²) in [7, 11) is 0. The lowest BCUT2D eigenvalue weighted by molar-refractivity contribution is -0.137. The van der Waals surface area contributed by atoms with Crippen molar-refractivity contribution >= 4 is 22.4 Å². The van der Waals surface area contributed by atoms with Crippen molar-refractivity contribution in [2.45, 2.75) is 51.4 Å². The molecule has 0 saturated carbocycles. The summed E-state index contributed by atoms with van der Waals surface area (Å²) in [5, 5.41) is 3.63. The van der Waals surface area contributed by atoms with Crippen molar-refractivity contribution in [2.24, 2.45) is 5.92 Å². The van der Waals surface area contributed by atoms with E-state index in [2.05, 4.69) is 27.0 Å². The van der Waals surface area contributed by atoms with E-state index in [1.165, 1.54) is 49.4 Å². The first-order chi connectivity index (χ1) is 15.3. The molecule has 0 unspecified atom stereocenters. The molecule has 4 rings (SSSR count). The maximum atomic E-state index is 12.7. The van der Waals surface area contributed by atoms with Crippen LogP contribution in [-0.2, 0) is 12.7 Å². The molecule has 0 spiro atoms. The highest BCUT2D eigenvalue weighted by Gasteiger charge is 2.30. The minimum atomic E-state index is -4.36. The normalized spacial score (nSPS) is 21.0. The van der Waals surface area contributed by atoms with Gasteiger partial charge in [-0.2, -0.15) is 13.2 Å². The van der Waals surface area contributed by atoms with E-state index in [1.54, 1.807) is 6.20 Å². The van der Waals surface area contributed by atoms with E-state index < -0.39 is 11.7 Å². The van der Waals surface area contributed by atoms with Gasteiger partial charge in [-0.25, -0.2) is 4.98 Å². The van der Waals surface area contributed by atoms with Crippen LogP contribution < -0.4 is 10.2 Å². The van der Waals surface area contributed by atoms with Gasteiger partial charge in [0.15, 0.2) is 5.13 Å². The molecule has 9 heteroatoms. The second-order valence-electron chi connectivity index (χ2n) is 8.85. The Morgan fingerprint density at radius 1 is 1.16 bits per heavy atom. The summed E-state index contributed by atoms with van der Waals surface area (Å²) < 4.78 is 38.0. The van der Waals surface area contributed by atoms with Crippen LogP contribution in [-0.4, -0.2) is 48.0 Å². The number of alkyl halides is 3. The van der Waals surface area contributed by atoms with E-state index in [4.69, 9.17) is 0 Å². The van der Waals surface area contributed by atoms with Gasteiger partial charge in [0.05, 0.1) is 11.8 Å². The van der Waals surface area contributed by atoms with Crippen molar-refractivity contribution in [1.82, 2.24) is 15.2 Å². The van der Waals surface area contributed by atoms with Crippen LogP contribution in [0.15, 0.2) is 30.5 Å². The van der Waals surface area contributed by atoms with Crippen molar-refractivity contribution in [1.29, 1.82) is 0 Å². The van der Waals surface area contributed by atoms with Crippen LogP contribution in [0.25, 0.3) is 0 Å². The maximum Gasteiger partial charge on any atom is 0.416 e. The molecule has 0 aliphatic carbocycles. The number of carbonyl (C=O) groups excluding carboxylic acids is 1. The second kappa shape index (κ2) is 9.79. The maximum absolute atomic E-state index is 12.7. The molecular formula is C23H29F3N4OS. The number of benzene rings is 1. The van der Waals surface area contributed by atoms with E-state index in [0.29, 0.717) is 16.5 Å². The first kappa shape index (κ1) is 23.0. The summed E-state index contributed by atoms with van der Waals surface area (Å²) in [5.41, 5.74) is -0.0802. The molecule has 32 heavy (non-hydrogen) atoms. The minimum absolute atomic E-state index is 0.170. The number of hydrogen-bond donors (Lipinski definition) is 1. The van der Waals surface area contributed by atoms with Crippen LogP contribution in [0.1, 0.15) is 53.4 Å². The molecule has 2 saturated heterocycles. The molecule has 2 aromatic rings. The van der Waals surface area contributed by atoms with Crippen molar-refractivity contribution in [2.75, 3.05) is 31.1 Å². The molecule has 1 N–H and O–H groups in total. The molecule has 0 radical (unpaired) electrons. The second-order valence-corrected chi connectivity index (χ2v) is 9.85. The third-order valence-corrected chi connectivity index (χ3v) is 7.45. The summed E-state index contributed by atoms with van der Waals surface area (Å²) in [6.07, 6.45) is 2.07. The Labute approximate surface area is 190 Å². The molecule has 2 aliphatic rings. The first-order valence-electron chi connectivity index (χ1n) is 11.2. The Hall–Kier alpha value is -2.13. The van der Waals surface area contributed by atoms with E-state index in [9.17, 15) is 18.0 Å². The predicted molar refractivity (Wildman–Crippen MR) is 120 cm³/mol. The number of carbonyl (C=O) groups is 1. The Morgan fingerprint density at radius 3 is 2.53 bits per heavy atom. The van der Waals surface area contributed by atoms with Crippen LogP contribution in [0.2, 0.25) is 0 Å². The number of amides is 1. The van der Waals surface area contributed by atoms with Gasteiger partial charge >= 0.3 is 6.18 Å². The predicted octanol–water partition coefficient (Wildman–Crippen LogP) is 4.79. The Kier molecular flexibility index (Phi) is 7.05. The zero-order valence-corrected chi connectivity index (χ0v) is 19.0. The van der Waals surface area contributed by atoms with Crippen molar-refractivity contribution in [3.05, 3.63) is 46.5 Å². The fraction of sp³-hybridized carbons (Fsp3) is 0.565. The topological polar surface area (TPSA) is 48.5 Å². The number of nitrogens with one attached hydrogen (secondary N) is 1. The van der Waals surface area contributed by atoms with E-state index in [1.807, 2.05) is 0 Å². The van der Waals surface area contributed by atoms with Gasteiger partial charge in [-0.3, -0.25) is 9.69 Å². The molecule has 174 valence electrons. The molecule has 1 aromatic carbocycles. The molecule has 1 aromatic heterocycles. The highest BCUT2D eigenvalue weighted by atomic mass is 32.1. The van der Waals surface area contributed by atoms with Gasteiger partial charge < -0.3 is 10.2 Å². The van der Waals surface area contributed by atoms with Gasteiger partial charge in [0, 0.05) is 32.2 Å². The van der Waals surface area contributed by atoms with Gasteiger partial charge in [-0.05, 0) is 55.8 Å². The van der Waals surface area contributed by atoms with E-state index >= 15 is 0 Å². The van der Waals surface area contributed by atoms with E-state index in [0.717, 1.165) is 49.1 Å². The quantitative estimate of drug-likeness (QED) is 0.688. The highest BCUT2D eigenvalue weighted by molar-refractivity contribution is 7.17. The fourth-order valence-electron chi connectivity index (χ4n) is 4.58. The molecule has 3 heterocycles. The number of nitrogens with zero attached hydrogens (tertiary/aromatic N) is 3. The summed E-state index contributed by atoms with van der Waals surface area (Å²) in [6, 6.07) is 5.46. The molecule has 0 bridgehead atoms. The largest absolute Gasteiger partial charge is 0.416 e. The minimum Gasteiger partial charge on any atom is -0.348 e. The molecule has 1 atom stereocenters. The van der Waals surface area contributed by atoms with Gasteiger partial charge in [-0.15, -0.1) is 0 Å². The third-order valence-electron chi connectivity index (χ3n) is 6.39. The summed E-state index contributed by atoms with van der Waals surface area (Å²) in [6.45, 7) is 6.79. The first-order valence-corrected chi connectivity index (χ1v) is 12.0. The number of aromatic nitrogens is 1. The summed E-state index contributed by atoms with van der Waals surface area (Å²) >= 11 is 1.37. The number of rotatable bonds is 5. The number of hydrogen-bond acceptors (Lipinski definition) is 5. The smallest absolute Gasteiger partial charge is 0.348 e. The number of piperidine rings is 2. The lowest BCUT2D eigenvalue weighted by Gasteiger charge is -2.41. The lowest BCUT2D eigenvalue weighted by Crippen LogP contribution is -2.48. The van der Waals surface area contributed by atoms with Crippen LogP contribution in [0.3, 0.4) is 0 Å². The average Bonchev–Trinajstić information content (AvgIpc) is 3.28. The number of thiazole rings is 1. The molecule has 1 amide bonds.